The molecule has 1 aromatic heterocycles. The molecule has 21 heavy (non-hydrogen) atoms. The maximum absolute atomic E-state index is 6.32. The highest BCUT2D eigenvalue weighted by atomic mass is 35.5. The van der Waals surface area contributed by atoms with E-state index in [1.165, 1.54) is 19.3 Å². The molecule has 114 valence electrons. The van der Waals surface area contributed by atoms with E-state index in [2.05, 4.69) is 16.5 Å². The van der Waals surface area contributed by atoms with Crippen molar-refractivity contribution in [2.45, 2.75) is 45.0 Å². The van der Waals surface area contributed by atoms with Crippen LogP contribution in [0.4, 0.5) is 0 Å². The minimum atomic E-state index is -0.131. The fraction of sp³-hybridized carbons (Fsp3) is 0.562. The summed E-state index contributed by atoms with van der Waals surface area (Å²) in [6.45, 7) is 5.25. The lowest BCUT2D eigenvalue weighted by atomic mass is 10.1. The molecule has 3 unspecified atom stereocenters. The number of fused-ring (bicyclic) bond motifs is 1. The molecule has 5 heteroatoms. The van der Waals surface area contributed by atoms with Gasteiger partial charge in [-0.1, -0.05) is 36.5 Å². The van der Waals surface area contributed by atoms with Crippen LogP contribution in [0.15, 0.2) is 12.1 Å². The molecule has 0 bridgehead atoms. The number of aromatic nitrogens is 2. The molecule has 2 nitrogen and oxygen atoms in total. The number of nitrogens with zero attached hydrogens (tertiary/aromatic N) is 2. The third-order valence-electron chi connectivity index (χ3n) is 4.42. The van der Waals surface area contributed by atoms with Crippen molar-refractivity contribution in [3.63, 3.8) is 0 Å². The fourth-order valence-corrected chi connectivity index (χ4v) is 3.87. The number of benzene rings is 1. The van der Waals surface area contributed by atoms with E-state index in [4.69, 9.17) is 34.8 Å². The zero-order valence-electron chi connectivity index (χ0n) is 12.2. The largest absolute Gasteiger partial charge is 0.326 e. The Labute approximate surface area is 140 Å². The molecule has 1 heterocycles. The Balaban J connectivity index is 2.05. The van der Waals surface area contributed by atoms with Crippen LogP contribution in [0.1, 0.15) is 44.3 Å². The summed E-state index contributed by atoms with van der Waals surface area (Å²) < 4.78 is 2.23. The molecule has 1 fully saturated rings. The van der Waals surface area contributed by atoms with Crippen LogP contribution in [-0.2, 0) is 6.54 Å². The molecule has 1 saturated carbocycles. The van der Waals surface area contributed by atoms with Crippen molar-refractivity contribution in [1.29, 1.82) is 0 Å². The standard InChI is InChI=1S/C16H19Cl3N2/c1-9-3-4-11(5-9)8-21-15-7-13(19)12(18)6-14(15)20-16(21)10(2)17/h6-7,9-11H,3-5,8H2,1-2H3. The summed E-state index contributed by atoms with van der Waals surface area (Å²) in [6.07, 6.45) is 3.87. The summed E-state index contributed by atoms with van der Waals surface area (Å²) in [5.74, 6) is 2.42. The van der Waals surface area contributed by atoms with E-state index in [0.717, 1.165) is 29.3 Å². The highest BCUT2D eigenvalue weighted by Crippen LogP contribution is 2.35. The van der Waals surface area contributed by atoms with Crippen molar-refractivity contribution in [2.75, 3.05) is 0 Å². The molecule has 3 atom stereocenters. The molecule has 0 radical (unpaired) electrons. The lowest BCUT2D eigenvalue weighted by Gasteiger charge is -2.15. The first kappa shape index (κ1) is 15.5. The smallest absolute Gasteiger partial charge is 0.127 e. The molecule has 0 spiro atoms. The number of imidazole rings is 1. The van der Waals surface area contributed by atoms with Gasteiger partial charge in [0.2, 0.25) is 0 Å². The SMILES string of the molecule is CC1CCC(Cn2c(C(C)Cl)nc3cc(Cl)c(Cl)cc32)C1. The van der Waals surface area contributed by atoms with E-state index in [1.807, 2.05) is 19.1 Å². The lowest BCUT2D eigenvalue weighted by molar-refractivity contribution is 0.438. The van der Waals surface area contributed by atoms with Gasteiger partial charge in [0.05, 0.1) is 26.5 Å². The predicted molar refractivity (Wildman–Crippen MR) is 90.5 cm³/mol. The minimum Gasteiger partial charge on any atom is -0.326 e. The van der Waals surface area contributed by atoms with Crippen LogP contribution >= 0.6 is 34.8 Å². The lowest BCUT2D eigenvalue weighted by Crippen LogP contribution is -2.11. The molecule has 3 rings (SSSR count). The summed E-state index contributed by atoms with van der Waals surface area (Å²) >= 11 is 18.6. The summed E-state index contributed by atoms with van der Waals surface area (Å²) in [4.78, 5) is 4.66. The maximum Gasteiger partial charge on any atom is 0.127 e. The average Bonchev–Trinajstić information content (AvgIpc) is 2.96. The van der Waals surface area contributed by atoms with Crippen molar-refractivity contribution in [2.24, 2.45) is 11.8 Å². The van der Waals surface area contributed by atoms with E-state index in [0.29, 0.717) is 16.0 Å². The van der Waals surface area contributed by atoms with Crippen molar-refractivity contribution in [1.82, 2.24) is 9.55 Å². The zero-order chi connectivity index (χ0) is 15.1. The van der Waals surface area contributed by atoms with E-state index >= 15 is 0 Å². The molecule has 0 aliphatic heterocycles. The topological polar surface area (TPSA) is 17.8 Å². The number of halogens is 3. The van der Waals surface area contributed by atoms with Crippen LogP contribution in [-0.4, -0.2) is 9.55 Å². The highest BCUT2D eigenvalue weighted by molar-refractivity contribution is 6.42. The molecule has 2 aromatic rings. The van der Waals surface area contributed by atoms with Crippen LogP contribution in [0.2, 0.25) is 10.0 Å². The van der Waals surface area contributed by atoms with Crippen molar-refractivity contribution in [3.8, 4) is 0 Å². The van der Waals surface area contributed by atoms with E-state index in [9.17, 15) is 0 Å². The normalized spacial score (nSPS) is 23.9. The van der Waals surface area contributed by atoms with Gasteiger partial charge in [0.15, 0.2) is 0 Å². The van der Waals surface area contributed by atoms with Gasteiger partial charge in [0, 0.05) is 6.54 Å². The van der Waals surface area contributed by atoms with Gasteiger partial charge >= 0.3 is 0 Å². The first-order valence-corrected chi connectivity index (χ1v) is 8.64. The van der Waals surface area contributed by atoms with Crippen molar-refractivity contribution < 1.29 is 0 Å². The molecule has 0 saturated heterocycles. The number of hydrogen-bond acceptors (Lipinski definition) is 1. The maximum atomic E-state index is 6.32. The molecule has 1 aliphatic carbocycles. The van der Waals surface area contributed by atoms with Gasteiger partial charge in [-0.3, -0.25) is 0 Å². The van der Waals surface area contributed by atoms with Gasteiger partial charge in [-0.25, -0.2) is 4.98 Å². The number of alkyl halides is 1. The summed E-state index contributed by atoms with van der Waals surface area (Å²) in [7, 11) is 0. The van der Waals surface area contributed by atoms with E-state index < -0.39 is 0 Å². The van der Waals surface area contributed by atoms with E-state index in [1.54, 1.807) is 0 Å². The number of rotatable bonds is 3. The van der Waals surface area contributed by atoms with Crippen LogP contribution < -0.4 is 0 Å². The monoisotopic (exact) mass is 344 g/mol. The molecule has 1 aromatic carbocycles. The van der Waals surface area contributed by atoms with E-state index in [-0.39, 0.29) is 5.38 Å². The quantitative estimate of drug-likeness (QED) is 0.616. The Kier molecular flexibility index (Phi) is 4.40. The van der Waals surface area contributed by atoms with Gasteiger partial charge in [-0.15, -0.1) is 11.6 Å². The Bertz CT molecular complexity index is 663. The zero-order valence-corrected chi connectivity index (χ0v) is 14.5. The second-order valence-corrected chi connectivity index (χ2v) is 7.70. The van der Waals surface area contributed by atoms with Crippen LogP contribution in [0.3, 0.4) is 0 Å². The Morgan fingerprint density at radius 2 is 2.00 bits per heavy atom. The Morgan fingerprint density at radius 3 is 2.62 bits per heavy atom. The second-order valence-electron chi connectivity index (χ2n) is 6.24. The van der Waals surface area contributed by atoms with Crippen LogP contribution in [0.5, 0.6) is 0 Å². The van der Waals surface area contributed by atoms with Crippen molar-refractivity contribution in [3.05, 3.63) is 28.0 Å². The second kappa shape index (κ2) is 5.98. The Hall–Kier alpha value is -0.440. The van der Waals surface area contributed by atoms with Crippen molar-refractivity contribution >= 4 is 45.8 Å². The first-order valence-electron chi connectivity index (χ1n) is 7.45. The molecule has 0 amide bonds. The third-order valence-corrected chi connectivity index (χ3v) is 5.34. The van der Waals surface area contributed by atoms with Gasteiger partial charge in [0.25, 0.3) is 0 Å². The minimum absolute atomic E-state index is 0.131. The van der Waals surface area contributed by atoms with Gasteiger partial charge in [-0.05, 0) is 43.7 Å². The fourth-order valence-electron chi connectivity index (χ4n) is 3.38. The van der Waals surface area contributed by atoms with Crippen LogP contribution in [0, 0.1) is 11.8 Å². The molecular formula is C16H19Cl3N2. The highest BCUT2D eigenvalue weighted by Gasteiger charge is 2.24. The number of hydrogen-bond donors (Lipinski definition) is 0. The molecule has 1 aliphatic rings. The summed E-state index contributed by atoms with van der Waals surface area (Å²) in [5.41, 5.74) is 1.91. The predicted octanol–water partition coefficient (Wildman–Crippen LogP) is 6.08. The molecule has 0 N–H and O–H groups in total. The Morgan fingerprint density at radius 1 is 1.29 bits per heavy atom. The van der Waals surface area contributed by atoms with Gasteiger partial charge < -0.3 is 4.57 Å². The third kappa shape index (κ3) is 3.04. The average molecular weight is 346 g/mol. The van der Waals surface area contributed by atoms with Crippen LogP contribution in [0.25, 0.3) is 11.0 Å². The summed E-state index contributed by atoms with van der Waals surface area (Å²) in [5, 5.41) is 0.977. The summed E-state index contributed by atoms with van der Waals surface area (Å²) in [6, 6.07) is 3.74. The molecular weight excluding hydrogens is 327 g/mol. The van der Waals surface area contributed by atoms with Gasteiger partial charge in [0.1, 0.15) is 5.82 Å². The van der Waals surface area contributed by atoms with Gasteiger partial charge in [-0.2, -0.15) is 0 Å². The first-order chi connectivity index (χ1) is 9.95.